The van der Waals surface area contributed by atoms with Gasteiger partial charge in [-0.3, -0.25) is 9.59 Å². The highest BCUT2D eigenvalue weighted by Gasteiger charge is 2.17. The summed E-state index contributed by atoms with van der Waals surface area (Å²) in [6.45, 7) is 3.96. The molecular weight excluding hydrogens is 328 g/mol. The van der Waals surface area contributed by atoms with E-state index in [4.69, 9.17) is 9.47 Å². The second-order valence-electron chi connectivity index (χ2n) is 5.49. The maximum Gasteiger partial charge on any atom is 0.261 e. The van der Waals surface area contributed by atoms with E-state index in [1.165, 1.54) is 11.3 Å². The van der Waals surface area contributed by atoms with Crippen LogP contribution in [0.3, 0.4) is 0 Å². The number of rotatable bonds is 5. The molecule has 1 atom stereocenters. The van der Waals surface area contributed by atoms with Gasteiger partial charge in [0.05, 0.1) is 17.5 Å². The van der Waals surface area contributed by atoms with Gasteiger partial charge in [-0.1, -0.05) is 6.07 Å². The van der Waals surface area contributed by atoms with Gasteiger partial charge in [0, 0.05) is 4.88 Å². The number of hydrogen-bond donors (Lipinski definition) is 2. The highest BCUT2D eigenvalue weighted by Crippen LogP contribution is 2.34. The number of thiophene rings is 1. The third-order valence-electron chi connectivity index (χ3n) is 3.65. The number of nitrogens with one attached hydrogen (secondary N) is 2. The van der Waals surface area contributed by atoms with Gasteiger partial charge in [-0.05, 0) is 43.7 Å². The maximum absolute atomic E-state index is 12.0. The summed E-state index contributed by atoms with van der Waals surface area (Å²) in [6, 6.07) is 8.98. The Morgan fingerprint density at radius 2 is 2.00 bits per heavy atom. The molecule has 0 radical (unpaired) electrons. The standard InChI is InChI=1S/C17H18N2O4S/c1-10-3-6-15(24-10)17(21)18-8-16(20)19-11(2)12-4-5-13-14(7-12)23-9-22-13/h3-7,11H,8-9H2,1-2H3,(H,18,21)(H,19,20)/t11-/m1/s1. The lowest BCUT2D eigenvalue weighted by atomic mass is 10.1. The van der Waals surface area contributed by atoms with Crippen molar-refractivity contribution in [3.8, 4) is 11.5 Å². The number of hydrogen-bond acceptors (Lipinski definition) is 5. The minimum Gasteiger partial charge on any atom is -0.454 e. The van der Waals surface area contributed by atoms with E-state index in [-0.39, 0.29) is 31.2 Å². The summed E-state index contributed by atoms with van der Waals surface area (Å²) in [5.74, 6) is 0.895. The quantitative estimate of drug-likeness (QED) is 0.871. The van der Waals surface area contributed by atoms with Crippen LogP contribution in [0.15, 0.2) is 30.3 Å². The zero-order chi connectivity index (χ0) is 17.1. The molecule has 0 unspecified atom stereocenters. The topological polar surface area (TPSA) is 76.7 Å². The Bertz CT molecular complexity index is 772. The van der Waals surface area contributed by atoms with Crippen molar-refractivity contribution in [3.63, 3.8) is 0 Å². The van der Waals surface area contributed by atoms with Gasteiger partial charge >= 0.3 is 0 Å². The van der Waals surface area contributed by atoms with Crippen molar-refractivity contribution in [2.75, 3.05) is 13.3 Å². The van der Waals surface area contributed by atoms with Crippen LogP contribution < -0.4 is 20.1 Å². The van der Waals surface area contributed by atoms with E-state index in [9.17, 15) is 9.59 Å². The van der Waals surface area contributed by atoms with Crippen LogP contribution in [0.4, 0.5) is 0 Å². The Balaban J connectivity index is 1.52. The minimum absolute atomic E-state index is 0.0648. The molecule has 0 saturated carbocycles. The molecule has 1 aromatic carbocycles. The van der Waals surface area contributed by atoms with Gasteiger partial charge in [0.2, 0.25) is 12.7 Å². The van der Waals surface area contributed by atoms with Crippen LogP contribution >= 0.6 is 11.3 Å². The Hall–Kier alpha value is -2.54. The molecule has 1 aliphatic heterocycles. The largest absolute Gasteiger partial charge is 0.454 e. The molecule has 24 heavy (non-hydrogen) atoms. The van der Waals surface area contributed by atoms with Gasteiger partial charge < -0.3 is 20.1 Å². The smallest absolute Gasteiger partial charge is 0.261 e. The lowest BCUT2D eigenvalue weighted by Gasteiger charge is -2.15. The summed E-state index contributed by atoms with van der Waals surface area (Å²) in [5.41, 5.74) is 0.910. The predicted octanol–water partition coefficient (Wildman–Crippen LogP) is 2.39. The van der Waals surface area contributed by atoms with Gasteiger partial charge in [0.25, 0.3) is 5.91 Å². The number of aryl methyl sites for hydroxylation is 1. The monoisotopic (exact) mass is 346 g/mol. The molecule has 2 amide bonds. The van der Waals surface area contributed by atoms with Gasteiger partial charge in [-0.2, -0.15) is 0 Å². The first-order valence-electron chi connectivity index (χ1n) is 7.56. The van der Waals surface area contributed by atoms with Gasteiger partial charge in [-0.15, -0.1) is 11.3 Å². The van der Waals surface area contributed by atoms with Crippen molar-refractivity contribution >= 4 is 23.2 Å². The molecule has 2 N–H and O–H groups in total. The Morgan fingerprint density at radius 1 is 1.21 bits per heavy atom. The molecule has 2 heterocycles. The normalized spacial score (nSPS) is 13.4. The fourth-order valence-corrected chi connectivity index (χ4v) is 3.15. The molecule has 1 aliphatic rings. The van der Waals surface area contributed by atoms with E-state index >= 15 is 0 Å². The van der Waals surface area contributed by atoms with Crippen LogP contribution in [0.5, 0.6) is 11.5 Å². The van der Waals surface area contributed by atoms with E-state index in [0.29, 0.717) is 16.4 Å². The van der Waals surface area contributed by atoms with Crippen LogP contribution in [0.2, 0.25) is 0 Å². The summed E-state index contributed by atoms with van der Waals surface area (Å²) in [6.07, 6.45) is 0. The number of benzene rings is 1. The summed E-state index contributed by atoms with van der Waals surface area (Å²) in [7, 11) is 0. The van der Waals surface area contributed by atoms with Gasteiger partial charge in [-0.25, -0.2) is 0 Å². The number of ether oxygens (including phenoxy) is 2. The minimum atomic E-state index is -0.248. The summed E-state index contributed by atoms with van der Waals surface area (Å²) < 4.78 is 10.6. The zero-order valence-electron chi connectivity index (χ0n) is 13.4. The lowest BCUT2D eigenvalue weighted by Crippen LogP contribution is -2.37. The third-order valence-corrected chi connectivity index (χ3v) is 4.65. The summed E-state index contributed by atoms with van der Waals surface area (Å²) in [5, 5.41) is 5.48. The number of fused-ring (bicyclic) bond motifs is 1. The molecule has 0 spiro atoms. The van der Waals surface area contributed by atoms with Crippen molar-refractivity contribution in [1.29, 1.82) is 0 Å². The first kappa shape index (κ1) is 16.3. The molecular formula is C17H18N2O4S. The lowest BCUT2D eigenvalue weighted by molar-refractivity contribution is -0.120. The van der Waals surface area contributed by atoms with Crippen LogP contribution in [0, 0.1) is 6.92 Å². The van der Waals surface area contributed by atoms with Crippen molar-refractivity contribution in [3.05, 3.63) is 45.6 Å². The number of carbonyl (C=O) groups is 2. The second kappa shape index (κ2) is 6.92. The average Bonchev–Trinajstić information content (AvgIpc) is 3.20. The van der Waals surface area contributed by atoms with Crippen LogP contribution in [-0.4, -0.2) is 25.2 Å². The molecule has 2 aromatic rings. The summed E-state index contributed by atoms with van der Waals surface area (Å²) >= 11 is 1.40. The maximum atomic E-state index is 12.0. The Morgan fingerprint density at radius 3 is 2.75 bits per heavy atom. The molecule has 3 rings (SSSR count). The van der Waals surface area contributed by atoms with E-state index in [2.05, 4.69) is 10.6 Å². The van der Waals surface area contributed by atoms with Crippen LogP contribution in [0.25, 0.3) is 0 Å². The van der Waals surface area contributed by atoms with E-state index in [0.717, 1.165) is 10.4 Å². The highest BCUT2D eigenvalue weighted by atomic mass is 32.1. The molecule has 126 valence electrons. The number of amides is 2. The third kappa shape index (κ3) is 3.68. The van der Waals surface area contributed by atoms with Crippen molar-refractivity contribution in [2.45, 2.75) is 19.9 Å². The van der Waals surface area contributed by atoms with Crippen molar-refractivity contribution in [2.24, 2.45) is 0 Å². The van der Waals surface area contributed by atoms with E-state index in [1.807, 2.05) is 38.1 Å². The van der Waals surface area contributed by atoms with Crippen molar-refractivity contribution in [1.82, 2.24) is 10.6 Å². The molecule has 0 fully saturated rings. The predicted molar refractivity (Wildman–Crippen MR) is 90.5 cm³/mol. The molecule has 6 nitrogen and oxygen atoms in total. The Kier molecular flexibility index (Phi) is 4.71. The Labute approximate surface area is 143 Å². The molecule has 7 heteroatoms. The van der Waals surface area contributed by atoms with E-state index < -0.39 is 0 Å². The molecule has 0 bridgehead atoms. The number of carbonyl (C=O) groups excluding carboxylic acids is 2. The molecule has 0 saturated heterocycles. The van der Waals surface area contributed by atoms with Gasteiger partial charge in [0.1, 0.15) is 0 Å². The molecule has 0 aliphatic carbocycles. The second-order valence-corrected chi connectivity index (χ2v) is 6.78. The van der Waals surface area contributed by atoms with Crippen LogP contribution in [0.1, 0.15) is 33.1 Å². The summed E-state index contributed by atoms with van der Waals surface area (Å²) in [4.78, 5) is 25.6. The van der Waals surface area contributed by atoms with Gasteiger partial charge in [0.15, 0.2) is 11.5 Å². The highest BCUT2D eigenvalue weighted by molar-refractivity contribution is 7.13. The fraction of sp³-hybridized carbons (Fsp3) is 0.294. The first-order valence-corrected chi connectivity index (χ1v) is 8.38. The van der Waals surface area contributed by atoms with E-state index in [1.54, 1.807) is 6.07 Å². The SMILES string of the molecule is Cc1ccc(C(=O)NCC(=O)N[C@H](C)c2ccc3c(c2)OCO3)s1. The zero-order valence-corrected chi connectivity index (χ0v) is 14.2. The van der Waals surface area contributed by atoms with Crippen LogP contribution in [-0.2, 0) is 4.79 Å². The van der Waals surface area contributed by atoms with Crippen molar-refractivity contribution < 1.29 is 19.1 Å². The fourth-order valence-electron chi connectivity index (χ4n) is 2.36. The first-order chi connectivity index (χ1) is 11.5. The molecule has 1 aromatic heterocycles. The average molecular weight is 346 g/mol.